The molecule has 0 bridgehead atoms. The van der Waals surface area contributed by atoms with Crippen molar-refractivity contribution >= 4 is 73.0 Å². The van der Waals surface area contributed by atoms with Crippen LogP contribution in [0.5, 0.6) is 0 Å². The van der Waals surface area contributed by atoms with Crippen LogP contribution >= 0.6 is 0 Å². The van der Waals surface area contributed by atoms with E-state index < -0.39 is 0 Å². The molecule has 1 aromatic heterocycles. The minimum atomic E-state index is 0.207. The highest BCUT2D eigenvalue weighted by Crippen LogP contribution is 2.44. The first-order valence-corrected chi connectivity index (χ1v) is 18.3. The highest BCUT2D eigenvalue weighted by molar-refractivity contribution is 6.53. The first kappa shape index (κ1) is 32.2. The number of nitrogens with zero attached hydrogens (tertiary/aromatic N) is 1. The fraction of sp³-hybridized carbons (Fsp3) is 0. The third-order valence-corrected chi connectivity index (χ3v) is 10.6. The lowest BCUT2D eigenvalue weighted by molar-refractivity contribution is 0.669. The van der Waals surface area contributed by atoms with Crippen molar-refractivity contribution in [3.8, 4) is 33.4 Å². The molecular weight excluding hydrogens is 673 g/mol. The second-order valence-corrected chi connectivity index (χ2v) is 14.0. The zero-order valence-electron chi connectivity index (χ0n) is 29.8. The van der Waals surface area contributed by atoms with Gasteiger partial charge in [-0.2, -0.15) is 0 Å². The van der Waals surface area contributed by atoms with E-state index in [1.807, 2.05) is 54.6 Å². The van der Waals surface area contributed by atoms with Crippen molar-refractivity contribution in [3.63, 3.8) is 0 Å². The molecule has 1 aliphatic rings. The van der Waals surface area contributed by atoms with Gasteiger partial charge in [0.05, 0.1) is 11.4 Å². The fourth-order valence-corrected chi connectivity index (χ4v) is 7.95. The second kappa shape index (κ2) is 12.9. The summed E-state index contributed by atoms with van der Waals surface area (Å²) in [5.41, 5.74) is 20.0. The predicted molar refractivity (Wildman–Crippen MR) is 230 cm³/mol. The van der Waals surface area contributed by atoms with Crippen molar-refractivity contribution in [1.82, 2.24) is 0 Å². The molecule has 0 spiro atoms. The van der Waals surface area contributed by atoms with E-state index in [1.165, 1.54) is 0 Å². The summed E-state index contributed by atoms with van der Waals surface area (Å²) in [7, 11) is 0. The standard InChI is InChI=1S/C50H34N4O/c51-38-14-7-13-35(26-38)42-15-8-16-46-49(42)43-23-22-40(30-47(43)55-46)54(39-21-19-33-17-18-34-20-24-45(52)50(53)48(34)44(33)29-39)41-27-36(31-9-3-1-4-10-31)25-37(28-41)32-11-5-2-6-12-32/h1-30,52-53H,51H2. The average molecular weight is 707 g/mol. The van der Waals surface area contributed by atoms with Crippen molar-refractivity contribution in [3.05, 3.63) is 187 Å². The Balaban J connectivity index is 1.23. The fourth-order valence-electron chi connectivity index (χ4n) is 7.95. The summed E-state index contributed by atoms with van der Waals surface area (Å²) in [4.78, 5) is 2.27. The predicted octanol–water partition coefficient (Wildman–Crippen LogP) is 13.2. The molecule has 0 amide bonds. The number of hydrogen-bond acceptors (Lipinski definition) is 5. The molecule has 0 aliphatic heterocycles. The van der Waals surface area contributed by atoms with Gasteiger partial charge < -0.3 is 15.1 Å². The Morgan fingerprint density at radius 3 is 1.89 bits per heavy atom. The van der Waals surface area contributed by atoms with Crippen molar-refractivity contribution in [1.29, 1.82) is 10.8 Å². The normalized spacial score (nSPS) is 12.4. The molecule has 10 rings (SSSR count). The lowest BCUT2D eigenvalue weighted by atomic mass is 9.89. The van der Waals surface area contributed by atoms with Crippen molar-refractivity contribution in [2.24, 2.45) is 0 Å². The van der Waals surface area contributed by atoms with Crippen LogP contribution in [0.2, 0.25) is 0 Å². The summed E-state index contributed by atoms with van der Waals surface area (Å²) < 4.78 is 6.65. The molecule has 1 heterocycles. The van der Waals surface area contributed by atoms with Crippen molar-refractivity contribution in [2.45, 2.75) is 0 Å². The number of furan rings is 1. The third-order valence-electron chi connectivity index (χ3n) is 10.6. The number of allylic oxidation sites excluding steroid dienone is 1. The number of fused-ring (bicyclic) bond motifs is 6. The van der Waals surface area contributed by atoms with Crippen LogP contribution < -0.4 is 10.6 Å². The average Bonchev–Trinajstić information content (AvgIpc) is 3.61. The van der Waals surface area contributed by atoms with Crippen LogP contribution in [-0.2, 0) is 0 Å². The molecule has 5 nitrogen and oxygen atoms in total. The summed E-state index contributed by atoms with van der Waals surface area (Å²) in [6.07, 6.45) is 3.64. The number of anilines is 4. The molecular formula is C50H34N4O. The molecule has 0 radical (unpaired) electrons. The van der Waals surface area contributed by atoms with Gasteiger partial charge in [-0.05, 0) is 116 Å². The summed E-state index contributed by atoms with van der Waals surface area (Å²) in [5.74, 6) is 0. The molecule has 260 valence electrons. The summed E-state index contributed by atoms with van der Waals surface area (Å²) in [6.45, 7) is 0. The molecule has 0 saturated carbocycles. The largest absolute Gasteiger partial charge is 0.456 e. The minimum absolute atomic E-state index is 0.207. The SMILES string of the molecule is N=C1C=Cc2ccc3ccc(N(c4cc(-c5ccccc5)cc(-c5ccccc5)c4)c4ccc5c(c4)oc4cccc(-c6cccc(N)c6)c45)cc3c2C1=N. The number of rotatable bonds is 6. The number of benzene rings is 8. The molecule has 4 N–H and O–H groups in total. The molecule has 55 heavy (non-hydrogen) atoms. The Morgan fingerprint density at radius 1 is 0.473 bits per heavy atom. The Bertz CT molecular complexity index is 2970. The van der Waals surface area contributed by atoms with Crippen molar-refractivity contribution in [2.75, 3.05) is 10.6 Å². The number of nitrogen functional groups attached to an aromatic ring is 1. The van der Waals surface area contributed by atoms with E-state index in [2.05, 4.69) is 126 Å². The van der Waals surface area contributed by atoms with E-state index in [-0.39, 0.29) is 11.4 Å². The maximum Gasteiger partial charge on any atom is 0.137 e. The Morgan fingerprint density at radius 2 is 1.15 bits per heavy atom. The Hall–Kier alpha value is -7.50. The van der Waals surface area contributed by atoms with Gasteiger partial charge in [0, 0.05) is 45.2 Å². The van der Waals surface area contributed by atoms with Gasteiger partial charge in [-0.1, -0.05) is 109 Å². The van der Waals surface area contributed by atoms with E-state index in [0.717, 1.165) is 94.3 Å². The molecule has 0 saturated heterocycles. The maximum atomic E-state index is 8.94. The molecule has 9 aromatic rings. The van der Waals surface area contributed by atoms with Gasteiger partial charge in [0.25, 0.3) is 0 Å². The zero-order valence-corrected chi connectivity index (χ0v) is 29.8. The Kier molecular flexibility index (Phi) is 7.53. The first-order chi connectivity index (χ1) is 27.0. The maximum absolute atomic E-state index is 8.94. The highest BCUT2D eigenvalue weighted by atomic mass is 16.3. The van der Waals surface area contributed by atoms with Gasteiger partial charge in [-0.25, -0.2) is 0 Å². The zero-order chi connectivity index (χ0) is 37.0. The molecule has 0 atom stereocenters. The number of nitrogens with two attached hydrogens (primary N) is 1. The summed E-state index contributed by atoms with van der Waals surface area (Å²) in [6, 6.07) is 58.8. The Labute approximate surface area is 318 Å². The summed E-state index contributed by atoms with van der Waals surface area (Å²) >= 11 is 0. The van der Waals surface area contributed by atoms with E-state index in [1.54, 1.807) is 6.08 Å². The van der Waals surface area contributed by atoms with E-state index in [9.17, 15) is 0 Å². The van der Waals surface area contributed by atoms with E-state index >= 15 is 0 Å². The minimum Gasteiger partial charge on any atom is -0.456 e. The topological polar surface area (TPSA) is 90.1 Å². The lowest BCUT2D eigenvalue weighted by Crippen LogP contribution is -2.16. The van der Waals surface area contributed by atoms with Crippen LogP contribution in [-0.4, -0.2) is 11.4 Å². The second-order valence-electron chi connectivity index (χ2n) is 14.0. The monoisotopic (exact) mass is 706 g/mol. The highest BCUT2D eigenvalue weighted by Gasteiger charge is 2.22. The third kappa shape index (κ3) is 5.58. The quantitative estimate of drug-likeness (QED) is 0.150. The van der Waals surface area contributed by atoms with Crippen LogP contribution in [0.4, 0.5) is 22.7 Å². The smallest absolute Gasteiger partial charge is 0.137 e. The molecule has 8 aromatic carbocycles. The van der Waals surface area contributed by atoms with Crippen LogP contribution in [0, 0.1) is 10.8 Å². The van der Waals surface area contributed by atoms with Gasteiger partial charge in [-0.3, -0.25) is 10.8 Å². The van der Waals surface area contributed by atoms with E-state index in [4.69, 9.17) is 21.0 Å². The van der Waals surface area contributed by atoms with Crippen LogP contribution in [0.3, 0.4) is 0 Å². The molecule has 5 heteroatoms. The first-order valence-electron chi connectivity index (χ1n) is 18.3. The van der Waals surface area contributed by atoms with Crippen LogP contribution in [0.25, 0.3) is 72.2 Å². The van der Waals surface area contributed by atoms with Crippen LogP contribution in [0.15, 0.2) is 180 Å². The van der Waals surface area contributed by atoms with E-state index in [0.29, 0.717) is 5.69 Å². The van der Waals surface area contributed by atoms with Crippen LogP contribution in [0.1, 0.15) is 11.1 Å². The van der Waals surface area contributed by atoms with Gasteiger partial charge in [0.2, 0.25) is 0 Å². The van der Waals surface area contributed by atoms with Gasteiger partial charge >= 0.3 is 0 Å². The lowest BCUT2D eigenvalue weighted by Gasteiger charge is -2.28. The van der Waals surface area contributed by atoms with Crippen molar-refractivity contribution < 1.29 is 4.42 Å². The number of nitrogens with one attached hydrogen (secondary N) is 2. The summed E-state index contributed by atoms with van der Waals surface area (Å²) in [5, 5.41) is 21.4. The van der Waals surface area contributed by atoms with Gasteiger partial charge in [-0.15, -0.1) is 0 Å². The molecule has 0 unspecified atom stereocenters. The van der Waals surface area contributed by atoms with Gasteiger partial charge in [0.1, 0.15) is 11.2 Å². The van der Waals surface area contributed by atoms with Gasteiger partial charge in [0.15, 0.2) is 0 Å². The molecule has 1 aliphatic carbocycles. The molecule has 0 fully saturated rings. The number of hydrogen-bond donors (Lipinski definition) is 3.